The van der Waals surface area contributed by atoms with Gasteiger partial charge in [-0.2, -0.15) is 0 Å². The lowest BCUT2D eigenvalue weighted by molar-refractivity contribution is -0.157. The Kier molecular flexibility index (Phi) is 2.17. The van der Waals surface area contributed by atoms with Crippen molar-refractivity contribution < 1.29 is 28.7 Å². The molecule has 1 N–H and O–H groups in total. The summed E-state index contributed by atoms with van der Waals surface area (Å²) in [5, 5.41) is 0.165. The Morgan fingerprint density at radius 2 is 2.07 bits per heavy atom. The van der Waals surface area contributed by atoms with Crippen molar-refractivity contribution in [2.24, 2.45) is 0 Å². The fraction of sp³-hybridized carbons (Fsp3) is 0.273. The number of fused-ring (bicyclic) bond motifs is 5. The van der Waals surface area contributed by atoms with Crippen molar-refractivity contribution >= 4 is 22.7 Å². The Balaban J connectivity index is 1.67. The highest BCUT2D eigenvalue weighted by molar-refractivity contribution is 5.97. The molecule has 3 aromatic rings. The van der Waals surface area contributed by atoms with Crippen LogP contribution in [-0.4, -0.2) is 53.0 Å². The maximum atomic E-state index is 13.3. The van der Waals surface area contributed by atoms with E-state index in [4.69, 9.17) is 17.7 Å². The first-order valence-corrected chi connectivity index (χ1v) is 9.06. The van der Waals surface area contributed by atoms with Crippen molar-refractivity contribution in [2.45, 2.75) is 18.5 Å². The van der Waals surface area contributed by atoms with E-state index in [1.165, 1.54) is 30.1 Å². The van der Waals surface area contributed by atoms with Crippen LogP contribution in [-0.2, 0) is 16.0 Å². The predicted octanol–water partition coefficient (Wildman–Crippen LogP) is 2.21. The number of para-hydroxylation sites is 1. The van der Waals surface area contributed by atoms with Gasteiger partial charge in [-0.1, -0.05) is 24.2 Å². The topological polar surface area (TPSA) is 74.9 Å². The molecule has 4 heterocycles. The first-order chi connectivity index (χ1) is 16.8. The summed E-state index contributed by atoms with van der Waals surface area (Å²) in [7, 11) is 1.49. The molecule has 0 unspecified atom stereocenters. The lowest BCUT2D eigenvalue weighted by Gasteiger charge is -2.46. The molecule has 0 radical (unpaired) electrons. The summed E-state index contributed by atoms with van der Waals surface area (Å²) in [5.41, 5.74) is 0.722. The molecule has 3 aliphatic rings. The van der Waals surface area contributed by atoms with E-state index in [0.717, 1.165) is 4.90 Å². The van der Waals surface area contributed by atoms with E-state index in [1.54, 1.807) is 0 Å². The highest BCUT2D eigenvalue weighted by Crippen LogP contribution is 2.44. The van der Waals surface area contributed by atoms with E-state index in [0.29, 0.717) is 5.56 Å². The van der Waals surface area contributed by atoms with E-state index in [9.17, 15) is 11.0 Å². The van der Waals surface area contributed by atoms with Crippen LogP contribution < -0.4 is 9.47 Å². The molecule has 0 aliphatic carbocycles. The summed E-state index contributed by atoms with van der Waals surface area (Å²) in [6.45, 7) is -2.66. The van der Waals surface area contributed by atoms with Crippen LogP contribution in [0.3, 0.4) is 0 Å². The standard InChI is InChI=1S/C22H19N3O4/c1-24-10-19(26)25-16(22(24)27)9-14-13-4-2-3-5-15(13)23-20(14)21(25)12-6-7-17-18(8-12)29-11-28-17/h2-8,16,21,23H,9-11H2,1H3/t16-,21-/m1/s1/i2D,3D,4D,5D,11D2,21D. The Morgan fingerprint density at radius 3 is 2.97 bits per heavy atom. The number of hydrogen-bond donors (Lipinski definition) is 1. The highest BCUT2D eigenvalue weighted by Gasteiger charge is 2.47. The summed E-state index contributed by atoms with van der Waals surface area (Å²) < 4.78 is 68.5. The SMILES string of the molecule is [2H]c1c([2H])c([2H])c2c3c([nH]c2c1[2H])[C@@]([2H])(c1ccc2c(c1)OC([2H])([2H])O2)N1C(=O)CN(C)C(=O)[C@H]1C3. The molecule has 2 amide bonds. The van der Waals surface area contributed by atoms with E-state index < -0.39 is 42.7 Å². The Hall–Kier alpha value is -3.48. The summed E-state index contributed by atoms with van der Waals surface area (Å²) in [6.07, 6.45) is -0.0416. The van der Waals surface area contributed by atoms with Gasteiger partial charge < -0.3 is 24.3 Å². The molecule has 7 heteroatoms. The highest BCUT2D eigenvalue weighted by atomic mass is 16.7. The van der Waals surface area contributed by atoms with Gasteiger partial charge in [0.15, 0.2) is 11.5 Å². The number of carbonyl (C=O) groups is 2. The zero-order valence-electron chi connectivity index (χ0n) is 22.3. The fourth-order valence-corrected chi connectivity index (χ4v) is 4.25. The first kappa shape index (κ1) is 10.9. The van der Waals surface area contributed by atoms with E-state index in [-0.39, 0.29) is 58.7 Å². The maximum absolute atomic E-state index is 13.3. The molecule has 6 rings (SSSR count). The van der Waals surface area contributed by atoms with Crippen LogP contribution in [0.15, 0.2) is 42.4 Å². The normalized spacial score (nSPS) is 30.5. The molecular weight excluding hydrogens is 370 g/mol. The monoisotopic (exact) mass is 396 g/mol. The minimum Gasteiger partial charge on any atom is -0.454 e. The lowest BCUT2D eigenvalue weighted by atomic mass is 9.86. The number of rotatable bonds is 1. The second kappa shape index (κ2) is 5.76. The molecule has 0 spiro atoms. The van der Waals surface area contributed by atoms with Crippen LogP contribution in [0.5, 0.6) is 11.5 Å². The van der Waals surface area contributed by atoms with Gasteiger partial charge in [0.1, 0.15) is 8.78 Å². The minimum absolute atomic E-state index is 0.0149. The number of aromatic amines is 1. The zero-order chi connectivity index (χ0) is 25.9. The zero-order valence-corrected chi connectivity index (χ0v) is 15.3. The molecule has 0 bridgehead atoms. The molecule has 0 saturated carbocycles. The molecule has 2 aromatic carbocycles. The molecular formula is C22H19N3O4. The number of H-pyrrole nitrogens is 1. The predicted molar refractivity (Wildman–Crippen MR) is 105 cm³/mol. The Morgan fingerprint density at radius 1 is 1.24 bits per heavy atom. The van der Waals surface area contributed by atoms with Crippen LogP contribution >= 0.6 is 0 Å². The number of nitrogens with one attached hydrogen (secondary N) is 1. The van der Waals surface area contributed by atoms with Crippen LogP contribution in [0.2, 0.25) is 0 Å². The average molecular weight is 396 g/mol. The Bertz CT molecular complexity index is 1520. The van der Waals surface area contributed by atoms with Crippen LogP contribution in [0, 0.1) is 0 Å². The average Bonchev–Trinajstić information content (AvgIpc) is 3.35. The molecule has 7 nitrogen and oxygen atoms in total. The van der Waals surface area contributed by atoms with Crippen LogP contribution in [0.25, 0.3) is 10.9 Å². The number of aromatic nitrogens is 1. The molecule has 2 atom stereocenters. The third kappa shape index (κ3) is 2.24. The first-order valence-electron chi connectivity index (χ1n) is 12.6. The molecule has 3 aliphatic heterocycles. The van der Waals surface area contributed by atoms with Gasteiger partial charge in [-0.3, -0.25) is 9.59 Å². The maximum Gasteiger partial charge on any atom is 0.245 e. The van der Waals surface area contributed by atoms with E-state index in [2.05, 4.69) is 4.98 Å². The van der Waals surface area contributed by atoms with Gasteiger partial charge in [-0.15, -0.1) is 0 Å². The molecule has 29 heavy (non-hydrogen) atoms. The summed E-state index contributed by atoms with van der Waals surface area (Å²) in [4.78, 5) is 32.0. The Labute approximate surface area is 176 Å². The summed E-state index contributed by atoms with van der Waals surface area (Å²) >= 11 is 0. The third-order valence-electron chi connectivity index (χ3n) is 5.55. The van der Waals surface area contributed by atoms with Crippen molar-refractivity contribution in [3.05, 3.63) is 59.2 Å². The summed E-state index contributed by atoms with van der Waals surface area (Å²) in [5.74, 6) is -0.767. The number of likely N-dealkylation sites (N-methyl/N-ethyl adjacent to an activating group) is 1. The number of ether oxygens (including phenoxy) is 2. The van der Waals surface area contributed by atoms with E-state index in [1.807, 2.05) is 0 Å². The molecule has 146 valence electrons. The minimum atomic E-state index is -2.41. The smallest absolute Gasteiger partial charge is 0.245 e. The molecule has 1 saturated heterocycles. The quantitative estimate of drug-likeness (QED) is 0.684. The van der Waals surface area contributed by atoms with Gasteiger partial charge in [0, 0.05) is 30.1 Å². The second-order valence-corrected chi connectivity index (χ2v) is 7.20. The largest absolute Gasteiger partial charge is 0.454 e. The number of amides is 2. The number of hydrogen-bond acceptors (Lipinski definition) is 4. The number of carbonyl (C=O) groups excluding carboxylic acids is 2. The van der Waals surface area contributed by atoms with Gasteiger partial charge >= 0.3 is 0 Å². The van der Waals surface area contributed by atoms with Gasteiger partial charge in [-0.25, -0.2) is 0 Å². The van der Waals surface area contributed by atoms with Crippen molar-refractivity contribution in [2.75, 3.05) is 20.3 Å². The van der Waals surface area contributed by atoms with Crippen molar-refractivity contribution in [1.29, 1.82) is 0 Å². The van der Waals surface area contributed by atoms with Gasteiger partial charge in [0.2, 0.25) is 18.6 Å². The molecule has 1 fully saturated rings. The van der Waals surface area contributed by atoms with Crippen molar-refractivity contribution in [3.8, 4) is 11.5 Å². The molecule has 1 aromatic heterocycles. The van der Waals surface area contributed by atoms with E-state index >= 15 is 0 Å². The fourth-order valence-electron chi connectivity index (χ4n) is 4.25. The van der Waals surface area contributed by atoms with Crippen LogP contribution in [0.1, 0.15) is 32.4 Å². The third-order valence-corrected chi connectivity index (χ3v) is 5.55. The number of benzene rings is 2. The second-order valence-electron chi connectivity index (χ2n) is 7.20. The summed E-state index contributed by atoms with van der Waals surface area (Å²) in [6, 6.07) is -0.406. The van der Waals surface area contributed by atoms with Crippen LogP contribution in [0.4, 0.5) is 0 Å². The number of nitrogens with zero attached hydrogens (tertiary/aromatic N) is 2. The van der Waals surface area contributed by atoms with Gasteiger partial charge in [0.05, 0.1) is 19.4 Å². The number of piperazine rings is 1. The van der Waals surface area contributed by atoms with Gasteiger partial charge in [0.25, 0.3) is 0 Å². The van der Waals surface area contributed by atoms with Crippen molar-refractivity contribution in [3.63, 3.8) is 0 Å². The van der Waals surface area contributed by atoms with Crippen molar-refractivity contribution in [1.82, 2.24) is 14.8 Å². The van der Waals surface area contributed by atoms with Gasteiger partial charge in [-0.05, 0) is 29.3 Å². The lowest BCUT2D eigenvalue weighted by Crippen LogP contribution is -2.62.